The summed E-state index contributed by atoms with van der Waals surface area (Å²) in [5.74, 6) is -0.686. The molecule has 0 aliphatic rings. The Morgan fingerprint density at radius 1 is 1.33 bits per heavy atom. The lowest BCUT2D eigenvalue weighted by molar-refractivity contribution is 0.00720. The Morgan fingerprint density at radius 2 is 2.00 bits per heavy atom. The molecule has 21 heavy (non-hydrogen) atoms. The van der Waals surface area contributed by atoms with Crippen molar-refractivity contribution < 1.29 is 19.7 Å². The molecule has 112 valence electrons. The first-order chi connectivity index (χ1) is 9.94. The monoisotopic (exact) mass is 306 g/mol. The number of carboxylic acid groups (broad SMARTS) is 1. The molecule has 1 aromatic carbocycles. The first-order valence-electron chi connectivity index (χ1n) is 6.70. The fourth-order valence-electron chi connectivity index (χ4n) is 1.95. The molecule has 0 spiro atoms. The number of thiophene rings is 1. The van der Waals surface area contributed by atoms with Crippen LogP contribution in [0.1, 0.15) is 34.0 Å². The molecule has 4 nitrogen and oxygen atoms in total. The van der Waals surface area contributed by atoms with Gasteiger partial charge in [-0.25, -0.2) is 4.79 Å². The van der Waals surface area contributed by atoms with Crippen molar-refractivity contribution in [3.8, 4) is 5.75 Å². The summed E-state index contributed by atoms with van der Waals surface area (Å²) in [5.41, 5.74) is -0.446. The molecule has 0 radical (unpaired) electrons. The number of aromatic carboxylic acids is 1. The van der Waals surface area contributed by atoms with E-state index in [2.05, 4.69) is 0 Å². The number of carbonyl (C=O) groups is 1. The third kappa shape index (κ3) is 3.62. The Balaban J connectivity index is 2.16. The van der Waals surface area contributed by atoms with Crippen molar-refractivity contribution in [2.75, 3.05) is 6.61 Å². The lowest BCUT2D eigenvalue weighted by Crippen LogP contribution is -2.29. The minimum atomic E-state index is -1.18. The van der Waals surface area contributed by atoms with Crippen LogP contribution in [0, 0.1) is 0 Å². The standard InChI is InChI=1S/C16H18O4S/c1-3-12-9-13(14(21-12)15(17)18)20-10-16(2,19)11-7-5-4-6-8-11/h4-9,19H,3,10H2,1-2H3,(H,17,18). The van der Waals surface area contributed by atoms with Gasteiger partial charge in [0.2, 0.25) is 0 Å². The van der Waals surface area contributed by atoms with Gasteiger partial charge < -0.3 is 14.9 Å². The van der Waals surface area contributed by atoms with Gasteiger partial charge in [0.15, 0.2) is 4.88 Å². The Kier molecular flexibility index (Phi) is 4.65. The van der Waals surface area contributed by atoms with Crippen LogP contribution in [0.5, 0.6) is 5.75 Å². The van der Waals surface area contributed by atoms with E-state index < -0.39 is 11.6 Å². The predicted octanol–water partition coefficient (Wildman–Crippen LogP) is 3.30. The molecule has 2 N–H and O–H groups in total. The van der Waals surface area contributed by atoms with Gasteiger partial charge in [-0.15, -0.1) is 11.3 Å². The third-order valence-electron chi connectivity index (χ3n) is 3.20. The second-order valence-electron chi connectivity index (χ2n) is 4.99. The molecule has 0 aliphatic carbocycles. The van der Waals surface area contributed by atoms with E-state index in [1.807, 2.05) is 37.3 Å². The molecule has 0 saturated carbocycles. The highest BCUT2D eigenvalue weighted by Crippen LogP contribution is 2.31. The van der Waals surface area contributed by atoms with Crippen molar-refractivity contribution in [3.05, 3.63) is 51.7 Å². The van der Waals surface area contributed by atoms with Gasteiger partial charge in [-0.3, -0.25) is 0 Å². The number of hydrogen-bond acceptors (Lipinski definition) is 4. The molecule has 1 aromatic heterocycles. The maximum Gasteiger partial charge on any atom is 0.349 e. The number of aryl methyl sites for hydroxylation is 1. The summed E-state index contributed by atoms with van der Waals surface area (Å²) in [4.78, 5) is 12.3. The summed E-state index contributed by atoms with van der Waals surface area (Å²) in [6, 6.07) is 10.9. The quantitative estimate of drug-likeness (QED) is 0.859. The highest BCUT2D eigenvalue weighted by molar-refractivity contribution is 7.14. The van der Waals surface area contributed by atoms with Gasteiger partial charge in [0.05, 0.1) is 0 Å². The van der Waals surface area contributed by atoms with Crippen molar-refractivity contribution in [1.29, 1.82) is 0 Å². The van der Waals surface area contributed by atoms with Gasteiger partial charge >= 0.3 is 5.97 Å². The molecule has 0 fully saturated rings. The minimum Gasteiger partial charge on any atom is -0.488 e. The van der Waals surface area contributed by atoms with Crippen LogP contribution in [-0.2, 0) is 12.0 Å². The lowest BCUT2D eigenvalue weighted by Gasteiger charge is -2.23. The van der Waals surface area contributed by atoms with E-state index in [4.69, 9.17) is 4.74 Å². The molecule has 2 rings (SSSR count). The first kappa shape index (κ1) is 15.5. The Labute approximate surface area is 127 Å². The average Bonchev–Trinajstić information content (AvgIpc) is 2.90. The van der Waals surface area contributed by atoms with Crippen molar-refractivity contribution >= 4 is 17.3 Å². The summed E-state index contributed by atoms with van der Waals surface area (Å²) < 4.78 is 5.58. The molecule has 0 aliphatic heterocycles. The average molecular weight is 306 g/mol. The van der Waals surface area contributed by atoms with Crippen LogP contribution >= 0.6 is 11.3 Å². The van der Waals surface area contributed by atoms with Crippen LogP contribution in [0.15, 0.2) is 36.4 Å². The molecule has 1 unspecified atom stereocenters. The van der Waals surface area contributed by atoms with Gasteiger partial charge in [-0.2, -0.15) is 0 Å². The van der Waals surface area contributed by atoms with Gasteiger partial charge in [-0.1, -0.05) is 37.3 Å². The predicted molar refractivity (Wildman–Crippen MR) is 82.2 cm³/mol. The summed E-state index contributed by atoms with van der Waals surface area (Å²) >= 11 is 1.21. The molecule has 1 heterocycles. The molecule has 0 saturated heterocycles. The summed E-state index contributed by atoms with van der Waals surface area (Å²) in [6.45, 7) is 3.61. The molecule has 0 amide bonds. The smallest absolute Gasteiger partial charge is 0.349 e. The summed E-state index contributed by atoms with van der Waals surface area (Å²) in [7, 11) is 0. The summed E-state index contributed by atoms with van der Waals surface area (Å²) in [6.07, 6.45) is 0.753. The third-order valence-corrected chi connectivity index (χ3v) is 4.44. The van der Waals surface area contributed by atoms with Gasteiger partial charge in [0, 0.05) is 4.88 Å². The molecular weight excluding hydrogens is 288 g/mol. The van der Waals surface area contributed by atoms with E-state index >= 15 is 0 Å². The first-order valence-corrected chi connectivity index (χ1v) is 7.52. The number of ether oxygens (including phenoxy) is 1. The largest absolute Gasteiger partial charge is 0.488 e. The fraction of sp³-hybridized carbons (Fsp3) is 0.312. The van der Waals surface area contributed by atoms with Crippen molar-refractivity contribution in [3.63, 3.8) is 0 Å². The Morgan fingerprint density at radius 3 is 2.57 bits per heavy atom. The second kappa shape index (κ2) is 6.28. The van der Waals surface area contributed by atoms with E-state index in [9.17, 15) is 15.0 Å². The zero-order chi connectivity index (χ0) is 15.5. The van der Waals surface area contributed by atoms with Gasteiger partial charge in [-0.05, 0) is 25.0 Å². The Bertz CT molecular complexity index is 616. The number of rotatable bonds is 6. The lowest BCUT2D eigenvalue weighted by atomic mass is 9.97. The maximum absolute atomic E-state index is 11.2. The number of aliphatic hydroxyl groups is 1. The second-order valence-corrected chi connectivity index (χ2v) is 6.13. The van der Waals surface area contributed by atoms with Gasteiger partial charge in [0.25, 0.3) is 0 Å². The zero-order valence-corrected chi connectivity index (χ0v) is 12.8. The normalized spacial score (nSPS) is 13.7. The van der Waals surface area contributed by atoms with Crippen molar-refractivity contribution in [1.82, 2.24) is 0 Å². The highest BCUT2D eigenvalue weighted by atomic mass is 32.1. The van der Waals surface area contributed by atoms with Crippen LogP contribution in [0.3, 0.4) is 0 Å². The van der Waals surface area contributed by atoms with E-state index in [1.54, 1.807) is 13.0 Å². The SMILES string of the molecule is CCc1cc(OCC(C)(O)c2ccccc2)c(C(=O)O)s1. The fourth-order valence-corrected chi connectivity index (χ4v) is 2.83. The van der Waals surface area contributed by atoms with E-state index in [0.717, 1.165) is 16.9 Å². The maximum atomic E-state index is 11.2. The van der Waals surface area contributed by atoms with Crippen LogP contribution in [0.25, 0.3) is 0 Å². The molecule has 5 heteroatoms. The van der Waals surface area contributed by atoms with Crippen LogP contribution in [-0.4, -0.2) is 22.8 Å². The van der Waals surface area contributed by atoms with Crippen LogP contribution < -0.4 is 4.74 Å². The Hall–Kier alpha value is -1.85. The zero-order valence-electron chi connectivity index (χ0n) is 12.0. The number of benzene rings is 1. The van der Waals surface area contributed by atoms with E-state index in [-0.39, 0.29) is 11.5 Å². The topological polar surface area (TPSA) is 66.8 Å². The van der Waals surface area contributed by atoms with E-state index in [0.29, 0.717) is 5.75 Å². The molecule has 0 bridgehead atoms. The molecule has 1 atom stereocenters. The van der Waals surface area contributed by atoms with Crippen molar-refractivity contribution in [2.24, 2.45) is 0 Å². The van der Waals surface area contributed by atoms with Gasteiger partial charge in [0.1, 0.15) is 18.0 Å². The highest BCUT2D eigenvalue weighted by Gasteiger charge is 2.25. The number of hydrogen-bond donors (Lipinski definition) is 2. The minimum absolute atomic E-state index is 0.00280. The van der Waals surface area contributed by atoms with Crippen LogP contribution in [0.2, 0.25) is 0 Å². The molecular formula is C16H18O4S. The van der Waals surface area contributed by atoms with Crippen molar-refractivity contribution in [2.45, 2.75) is 25.9 Å². The van der Waals surface area contributed by atoms with E-state index in [1.165, 1.54) is 11.3 Å². The van der Waals surface area contributed by atoms with Crippen LogP contribution in [0.4, 0.5) is 0 Å². The molecule has 2 aromatic rings. The summed E-state index contributed by atoms with van der Waals surface area (Å²) in [5, 5.41) is 19.7. The number of carboxylic acids is 1.